The second-order valence-corrected chi connectivity index (χ2v) is 8.69. The van der Waals surface area contributed by atoms with Gasteiger partial charge in [0, 0.05) is 37.9 Å². The highest BCUT2D eigenvalue weighted by Crippen LogP contribution is 2.36. The summed E-state index contributed by atoms with van der Waals surface area (Å²) in [5.74, 6) is 0.414. The summed E-state index contributed by atoms with van der Waals surface area (Å²) in [7, 11) is 0. The summed E-state index contributed by atoms with van der Waals surface area (Å²) in [6.45, 7) is 3.41. The van der Waals surface area contributed by atoms with Gasteiger partial charge in [0.2, 0.25) is 5.95 Å². The van der Waals surface area contributed by atoms with Gasteiger partial charge in [0.05, 0.1) is 22.6 Å². The van der Waals surface area contributed by atoms with Crippen LogP contribution in [-0.2, 0) is 24.0 Å². The van der Waals surface area contributed by atoms with Crippen molar-refractivity contribution in [2.75, 3.05) is 18.1 Å². The molecule has 0 aliphatic carbocycles. The molecule has 5 rings (SSSR count). The lowest BCUT2D eigenvalue weighted by Crippen LogP contribution is -2.35. The zero-order chi connectivity index (χ0) is 23.3. The zero-order valence-electron chi connectivity index (χ0n) is 18.1. The Morgan fingerprint density at radius 3 is 2.33 bits per heavy atom. The molecule has 0 amide bonds. The van der Waals surface area contributed by atoms with Crippen molar-refractivity contribution in [2.24, 2.45) is 0 Å². The predicted molar refractivity (Wildman–Crippen MR) is 117 cm³/mol. The van der Waals surface area contributed by atoms with E-state index >= 15 is 0 Å². The zero-order valence-corrected chi connectivity index (χ0v) is 18.1. The van der Waals surface area contributed by atoms with E-state index in [4.69, 9.17) is 9.72 Å². The first-order chi connectivity index (χ1) is 15.7. The molecule has 1 N–H and O–H groups in total. The van der Waals surface area contributed by atoms with Crippen molar-refractivity contribution < 1.29 is 23.0 Å². The molecule has 0 saturated carbocycles. The van der Waals surface area contributed by atoms with Gasteiger partial charge >= 0.3 is 6.18 Å². The largest absolute Gasteiger partial charge is 0.416 e. The van der Waals surface area contributed by atoms with E-state index < -0.39 is 23.4 Å². The Balaban J connectivity index is 1.76. The average molecular weight is 459 g/mol. The van der Waals surface area contributed by atoms with Crippen molar-refractivity contribution in [3.63, 3.8) is 0 Å². The molecule has 33 heavy (non-hydrogen) atoms. The molecule has 2 aliphatic rings. The third-order valence-electron chi connectivity index (χ3n) is 6.47. The number of aliphatic hydroxyl groups excluding tert-OH is 1. The molecule has 1 atom stereocenters. The van der Waals surface area contributed by atoms with E-state index in [0.29, 0.717) is 45.1 Å². The Morgan fingerprint density at radius 2 is 1.76 bits per heavy atom. The molecule has 2 aromatic carbocycles. The number of nitrogens with zero attached hydrogens (tertiary/aromatic N) is 3. The van der Waals surface area contributed by atoms with Crippen LogP contribution in [0.25, 0.3) is 10.9 Å². The van der Waals surface area contributed by atoms with Gasteiger partial charge < -0.3 is 14.7 Å². The molecule has 2 aliphatic heterocycles. The van der Waals surface area contributed by atoms with Gasteiger partial charge in [-0.3, -0.25) is 9.36 Å². The molecule has 1 saturated heterocycles. The van der Waals surface area contributed by atoms with Crippen molar-refractivity contribution in [3.8, 4) is 0 Å². The van der Waals surface area contributed by atoms with Crippen molar-refractivity contribution in [2.45, 2.75) is 51.2 Å². The van der Waals surface area contributed by atoms with Crippen LogP contribution in [0.15, 0.2) is 41.2 Å². The fraction of sp³-hybridized carbons (Fsp3) is 0.417. The highest BCUT2D eigenvalue weighted by molar-refractivity contribution is 5.84. The molecular weight excluding hydrogens is 435 g/mol. The average Bonchev–Trinajstić information content (AvgIpc) is 3.22. The first kappa shape index (κ1) is 21.9. The van der Waals surface area contributed by atoms with Gasteiger partial charge in [0.15, 0.2) is 0 Å². The Morgan fingerprint density at radius 1 is 1.12 bits per heavy atom. The summed E-state index contributed by atoms with van der Waals surface area (Å²) >= 11 is 0. The fourth-order valence-corrected chi connectivity index (χ4v) is 4.77. The second kappa shape index (κ2) is 8.14. The number of aliphatic hydroxyl groups is 1. The van der Waals surface area contributed by atoms with Crippen molar-refractivity contribution in [1.82, 2.24) is 9.55 Å². The van der Waals surface area contributed by atoms with Gasteiger partial charge in [-0.25, -0.2) is 4.98 Å². The molecule has 1 fully saturated rings. The number of benzene rings is 2. The van der Waals surface area contributed by atoms with Crippen LogP contribution in [0.2, 0.25) is 0 Å². The fourth-order valence-electron chi connectivity index (χ4n) is 4.77. The summed E-state index contributed by atoms with van der Waals surface area (Å²) in [5.41, 5.74) is 0.851. The van der Waals surface area contributed by atoms with Crippen molar-refractivity contribution >= 4 is 16.9 Å². The molecule has 174 valence electrons. The van der Waals surface area contributed by atoms with Crippen LogP contribution >= 0.6 is 0 Å². The van der Waals surface area contributed by atoms with Gasteiger partial charge in [-0.2, -0.15) is 13.2 Å². The minimum atomic E-state index is -4.65. The van der Waals surface area contributed by atoms with E-state index in [1.165, 1.54) is 6.92 Å². The number of alkyl halides is 3. The van der Waals surface area contributed by atoms with Crippen molar-refractivity contribution in [3.05, 3.63) is 69.0 Å². The smallest absolute Gasteiger partial charge is 0.389 e. The standard InChI is InChI=1S/C24H24F3N3O3/c1-14(31)19-10-17(24(25,26)27)11-20-21(19)28-23(29-12-15-4-2-3-5-16(15)13-29)30(22(20)32)18-6-8-33-9-7-18/h2-5,10-11,14,18,31H,6-9,12-13H2,1H3. The van der Waals surface area contributed by atoms with E-state index in [-0.39, 0.29) is 22.5 Å². The first-order valence-corrected chi connectivity index (χ1v) is 11.0. The van der Waals surface area contributed by atoms with Gasteiger partial charge in [-0.15, -0.1) is 0 Å². The monoisotopic (exact) mass is 459 g/mol. The number of hydrogen-bond acceptors (Lipinski definition) is 5. The molecule has 1 unspecified atom stereocenters. The van der Waals surface area contributed by atoms with E-state index in [1.807, 2.05) is 29.2 Å². The number of aromatic nitrogens is 2. The highest BCUT2D eigenvalue weighted by Gasteiger charge is 2.34. The SMILES string of the molecule is CC(O)c1cc(C(F)(F)F)cc2c(=O)n(C3CCOCC3)c(N3Cc4ccccc4C3)nc12. The molecule has 9 heteroatoms. The Hall–Kier alpha value is -2.91. The van der Waals surface area contributed by atoms with Crippen LogP contribution in [0.3, 0.4) is 0 Å². The summed E-state index contributed by atoms with van der Waals surface area (Å²) in [4.78, 5) is 20.5. The molecule has 3 aromatic rings. The van der Waals surface area contributed by atoms with Crippen LogP contribution in [0, 0.1) is 0 Å². The molecule has 6 nitrogen and oxygen atoms in total. The Bertz CT molecular complexity index is 1240. The van der Waals surface area contributed by atoms with Crippen LogP contribution in [0.1, 0.15) is 54.2 Å². The lowest BCUT2D eigenvalue weighted by atomic mass is 10.0. The number of ether oxygens (including phenoxy) is 1. The van der Waals surface area contributed by atoms with Crippen LogP contribution in [-0.4, -0.2) is 27.9 Å². The van der Waals surface area contributed by atoms with Gasteiger partial charge in [0.1, 0.15) is 0 Å². The highest BCUT2D eigenvalue weighted by atomic mass is 19.4. The van der Waals surface area contributed by atoms with Gasteiger partial charge in [-0.1, -0.05) is 24.3 Å². The predicted octanol–water partition coefficient (Wildman–Crippen LogP) is 4.34. The van der Waals surface area contributed by atoms with Crippen molar-refractivity contribution in [1.29, 1.82) is 0 Å². The molecule has 0 bridgehead atoms. The molecule has 3 heterocycles. The van der Waals surface area contributed by atoms with Crippen LogP contribution in [0.5, 0.6) is 0 Å². The van der Waals surface area contributed by atoms with Gasteiger partial charge in [0.25, 0.3) is 5.56 Å². The van der Waals surface area contributed by atoms with E-state index in [2.05, 4.69) is 0 Å². The summed E-state index contributed by atoms with van der Waals surface area (Å²) in [5, 5.41) is 10.1. The molecular formula is C24H24F3N3O3. The first-order valence-electron chi connectivity index (χ1n) is 11.0. The van der Waals surface area contributed by atoms with Gasteiger partial charge in [-0.05, 0) is 43.0 Å². The second-order valence-electron chi connectivity index (χ2n) is 8.69. The topological polar surface area (TPSA) is 67.6 Å². The third-order valence-corrected chi connectivity index (χ3v) is 6.47. The maximum absolute atomic E-state index is 13.7. The minimum absolute atomic E-state index is 0.00554. The third kappa shape index (κ3) is 3.89. The number of halogens is 3. The Labute approximate surface area is 188 Å². The number of hydrogen-bond donors (Lipinski definition) is 1. The number of rotatable bonds is 3. The molecule has 0 spiro atoms. The normalized spacial score (nSPS) is 18.0. The summed E-state index contributed by atoms with van der Waals surface area (Å²) < 4.78 is 47.8. The minimum Gasteiger partial charge on any atom is -0.389 e. The number of anilines is 1. The summed E-state index contributed by atoms with van der Waals surface area (Å²) in [6, 6.07) is 9.45. The Kier molecular flexibility index (Phi) is 5.41. The quantitative estimate of drug-likeness (QED) is 0.631. The number of fused-ring (bicyclic) bond motifs is 2. The van der Waals surface area contributed by atoms with Crippen LogP contribution in [0.4, 0.5) is 19.1 Å². The molecule has 1 aromatic heterocycles. The maximum Gasteiger partial charge on any atom is 0.416 e. The summed E-state index contributed by atoms with van der Waals surface area (Å²) in [6.07, 6.45) is -4.72. The lowest BCUT2D eigenvalue weighted by molar-refractivity contribution is -0.137. The van der Waals surface area contributed by atoms with E-state index in [0.717, 1.165) is 23.3 Å². The van der Waals surface area contributed by atoms with E-state index in [9.17, 15) is 23.1 Å². The molecule has 0 radical (unpaired) electrons. The van der Waals surface area contributed by atoms with Crippen LogP contribution < -0.4 is 10.5 Å². The van der Waals surface area contributed by atoms with E-state index in [1.54, 1.807) is 4.57 Å². The lowest BCUT2D eigenvalue weighted by Gasteiger charge is -2.30. The maximum atomic E-state index is 13.7.